The van der Waals surface area contributed by atoms with E-state index >= 15 is 0 Å². The molecule has 108 valence electrons. The monoisotopic (exact) mass is 280 g/mol. The first-order valence-electron chi connectivity index (χ1n) is 7.36. The van der Waals surface area contributed by atoms with E-state index in [1.165, 1.54) is 5.56 Å². The Balaban J connectivity index is 1.66. The van der Waals surface area contributed by atoms with Crippen LogP contribution in [0.1, 0.15) is 34.3 Å². The Kier molecular flexibility index (Phi) is 3.76. The maximum atomic E-state index is 12.3. The van der Waals surface area contributed by atoms with Crippen molar-refractivity contribution >= 4 is 5.91 Å². The molecule has 1 aliphatic rings. The Morgan fingerprint density at radius 3 is 2.52 bits per heavy atom. The molecular formula is C18H20N2O. The lowest BCUT2D eigenvalue weighted by molar-refractivity contribution is 0.0949. The molecule has 0 heterocycles. The molecule has 2 aromatic carbocycles. The number of benzene rings is 2. The lowest BCUT2D eigenvalue weighted by Gasteiger charge is -2.16. The van der Waals surface area contributed by atoms with Gasteiger partial charge in [-0.25, -0.2) is 0 Å². The number of hydrogen-bond donors (Lipinski definition) is 2. The highest BCUT2D eigenvalue weighted by atomic mass is 16.1. The Morgan fingerprint density at radius 2 is 1.86 bits per heavy atom. The molecule has 0 aromatic heterocycles. The van der Waals surface area contributed by atoms with Gasteiger partial charge in [0.25, 0.3) is 5.91 Å². The number of nitrogens with two attached hydrogens (primary N) is 1. The van der Waals surface area contributed by atoms with E-state index in [0.717, 1.165) is 18.4 Å². The molecule has 0 aliphatic heterocycles. The second-order valence-electron chi connectivity index (χ2n) is 5.73. The smallest absolute Gasteiger partial charge is 0.251 e. The largest absolute Gasteiger partial charge is 0.351 e. The fourth-order valence-electron chi connectivity index (χ4n) is 2.70. The van der Waals surface area contributed by atoms with Gasteiger partial charge < -0.3 is 11.1 Å². The highest BCUT2D eigenvalue weighted by Crippen LogP contribution is 2.47. The number of carbonyl (C=O) groups excluding carboxylic acids is 1. The Bertz CT molecular complexity index is 633. The van der Waals surface area contributed by atoms with Gasteiger partial charge in [0.15, 0.2) is 0 Å². The summed E-state index contributed by atoms with van der Waals surface area (Å²) in [6, 6.07) is 17.9. The first-order valence-corrected chi connectivity index (χ1v) is 7.36. The van der Waals surface area contributed by atoms with Crippen molar-refractivity contribution in [2.24, 2.45) is 5.73 Å². The molecule has 0 radical (unpaired) electrons. The van der Waals surface area contributed by atoms with Gasteiger partial charge in [-0.2, -0.15) is 0 Å². The summed E-state index contributed by atoms with van der Waals surface area (Å²) in [7, 11) is 0. The highest BCUT2D eigenvalue weighted by molar-refractivity contribution is 5.94. The number of carbonyl (C=O) groups is 1. The summed E-state index contributed by atoms with van der Waals surface area (Å²) in [4.78, 5) is 12.3. The van der Waals surface area contributed by atoms with Crippen molar-refractivity contribution in [2.45, 2.75) is 24.8 Å². The molecule has 0 unspecified atom stereocenters. The Labute approximate surface area is 125 Å². The van der Waals surface area contributed by atoms with Crippen LogP contribution in [0.25, 0.3) is 0 Å². The molecule has 1 amide bonds. The summed E-state index contributed by atoms with van der Waals surface area (Å²) in [5.74, 6) is -0.0208. The van der Waals surface area contributed by atoms with Crippen LogP contribution < -0.4 is 11.1 Å². The third-order valence-corrected chi connectivity index (χ3v) is 4.25. The zero-order chi connectivity index (χ0) is 14.7. The summed E-state index contributed by atoms with van der Waals surface area (Å²) in [6.45, 7) is 1.15. The van der Waals surface area contributed by atoms with Gasteiger partial charge in [0.2, 0.25) is 0 Å². The van der Waals surface area contributed by atoms with E-state index in [2.05, 4.69) is 29.6 Å². The van der Waals surface area contributed by atoms with Gasteiger partial charge in [-0.05, 0) is 36.1 Å². The summed E-state index contributed by atoms with van der Waals surface area (Å²) >= 11 is 0. The molecule has 1 fully saturated rings. The quantitative estimate of drug-likeness (QED) is 0.884. The normalized spacial score (nSPS) is 15.5. The minimum atomic E-state index is -0.0208. The predicted octanol–water partition coefficient (Wildman–Crippen LogP) is 2.61. The maximum absolute atomic E-state index is 12.3. The topological polar surface area (TPSA) is 55.1 Å². The van der Waals surface area contributed by atoms with Gasteiger partial charge in [-0.3, -0.25) is 4.79 Å². The second kappa shape index (κ2) is 5.70. The minimum absolute atomic E-state index is 0.0208. The molecule has 3 heteroatoms. The molecule has 2 aromatic rings. The average molecular weight is 280 g/mol. The zero-order valence-electron chi connectivity index (χ0n) is 12.0. The average Bonchev–Trinajstić information content (AvgIpc) is 3.35. The predicted molar refractivity (Wildman–Crippen MR) is 84.0 cm³/mol. The van der Waals surface area contributed by atoms with Crippen LogP contribution in [-0.2, 0) is 12.0 Å². The first kappa shape index (κ1) is 13.8. The molecule has 0 spiro atoms. The van der Waals surface area contributed by atoms with Crippen LogP contribution in [0.2, 0.25) is 0 Å². The van der Waals surface area contributed by atoms with E-state index < -0.39 is 0 Å². The van der Waals surface area contributed by atoms with Crippen LogP contribution in [0.4, 0.5) is 0 Å². The van der Waals surface area contributed by atoms with Gasteiger partial charge >= 0.3 is 0 Å². The Hall–Kier alpha value is -2.13. The first-order chi connectivity index (χ1) is 10.2. The molecule has 1 saturated carbocycles. The van der Waals surface area contributed by atoms with E-state index in [9.17, 15) is 4.79 Å². The third-order valence-electron chi connectivity index (χ3n) is 4.25. The van der Waals surface area contributed by atoms with Crippen molar-refractivity contribution in [1.82, 2.24) is 5.32 Å². The van der Waals surface area contributed by atoms with Gasteiger partial charge in [0.1, 0.15) is 0 Å². The van der Waals surface area contributed by atoms with Crippen molar-refractivity contribution in [1.29, 1.82) is 0 Å². The zero-order valence-corrected chi connectivity index (χ0v) is 12.0. The fraction of sp³-hybridized carbons (Fsp3) is 0.278. The number of amides is 1. The van der Waals surface area contributed by atoms with Crippen molar-refractivity contribution in [2.75, 3.05) is 6.54 Å². The summed E-state index contributed by atoms with van der Waals surface area (Å²) in [5, 5.41) is 3.07. The van der Waals surface area contributed by atoms with Crippen molar-refractivity contribution in [3.05, 3.63) is 71.3 Å². The number of nitrogens with one attached hydrogen (secondary N) is 1. The summed E-state index contributed by atoms with van der Waals surface area (Å²) in [5.41, 5.74) is 8.74. The molecule has 3 N–H and O–H groups in total. The van der Waals surface area contributed by atoms with Crippen LogP contribution >= 0.6 is 0 Å². The van der Waals surface area contributed by atoms with Gasteiger partial charge in [-0.1, -0.05) is 42.5 Å². The highest BCUT2D eigenvalue weighted by Gasteiger charge is 2.44. The van der Waals surface area contributed by atoms with Crippen LogP contribution in [-0.4, -0.2) is 12.5 Å². The van der Waals surface area contributed by atoms with Crippen LogP contribution in [0.5, 0.6) is 0 Å². The molecular weight excluding hydrogens is 260 g/mol. The fourth-order valence-corrected chi connectivity index (χ4v) is 2.70. The molecule has 1 aliphatic carbocycles. The molecule has 0 saturated heterocycles. The molecule has 0 atom stereocenters. The van der Waals surface area contributed by atoms with Crippen molar-refractivity contribution < 1.29 is 4.79 Å². The van der Waals surface area contributed by atoms with E-state index in [-0.39, 0.29) is 11.3 Å². The second-order valence-corrected chi connectivity index (χ2v) is 5.73. The van der Waals surface area contributed by atoms with E-state index in [0.29, 0.717) is 18.7 Å². The van der Waals surface area contributed by atoms with Crippen LogP contribution in [0.3, 0.4) is 0 Å². The van der Waals surface area contributed by atoms with Crippen molar-refractivity contribution in [3.63, 3.8) is 0 Å². The van der Waals surface area contributed by atoms with Crippen LogP contribution in [0, 0.1) is 0 Å². The lowest BCUT2D eigenvalue weighted by Crippen LogP contribution is -2.32. The van der Waals surface area contributed by atoms with Crippen molar-refractivity contribution in [3.8, 4) is 0 Å². The van der Waals surface area contributed by atoms with Gasteiger partial charge in [0, 0.05) is 24.1 Å². The molecule has 3 rings (SSSR count). The number of rotatable bonds is 5. The van der Waals surface area contributed by atoms with Gasteiger partial charge in [0.05, 0.1) is 0 Å². The van der Waals surface area contributed by atoms with Crippen LogP contribution in [0.15, 0.2) is 54.6 Å². The van der Waals surface area contributed by atoms with E-state index in [1.807, 2.05) is 30.3 Å². The Morgan fingerprint density at radius 1 is 1.10 bits per heavy atom. The molecule has 3 nitrogen and oxygen atoms in total. The molecule has 0 bridgehead atoms. The third kappa shape index (κ3) is 2.98. The lowest BCUT2D eigenvalue weighted by atomic mass is 9.96. The van der Waals surface area contributed by atoms with E-state index in [4.69, 9.17) is 5.73 Å². The van der Waals surface area contributed by atoms with E-state index in [1.54, 1.807) is 0 Å². The standard InChI is InChI=1S/C18H20N2O/c19-12-14-5-4-6-15(11-14)17(21)20-13-18(9-10-18)16-7-2-1-3-8-16/h1-8,11H,9-10,12-13,19H2,(H,20,21). The summed E-state index contributed by atoms with van der Waals surface area (Å²) in [6.07, 6.45) is 2.28. The summed E-state index contributed by atoms with van der Waals surface area (Å²) < 4.78 is 0. The number of hydrogen-bond acceptors (Lipinski definition) is 2. The maximum Gasteiger partial charge on any atom is 0.251 e. The SMILES string of the molecule is NCc1cccc(C(=O)NCC2(c3ccccc3)CC2)c1. The van der Waals surface area contributed by atoms with Gasteiger partial charge in [-0.15, -0.1) is 0 Å². The molecule has 21 heavy (non-hydrogen) atoms. The minimum Gasteiger partial charge on any atom is -0.351 e.